The smallest absolute Gasteiger partial charge is 0.419 e. The fourth-order valence-electron chi connectivity index (χ4n) is 6.76. The summed E-state index contributed by atoms with van der Waals surface area (Å²) in [4.78, 5) is 14.9. The highest BCUT2D eigenvalue weighted by molar-refractivity contribution is 6.17. The maximum absolute atomic E-state index is 15.4. The number of ether oxygens (including phenoxy) is 1. The number of benzene rings is 3. The van der Waals surface area contributed by atoms with Crippen molar-refractivity contribution in [3.63, 3.8) is 0 Å². The maximum Gasteiger partial charge on any atom is 0.419 e. The van der Waals surface area contributed by atoms with Crippen LogP contribution in [0.1, 0.15) is 66.8 Å². The van der Waals surface area contributed by atoms with Crippen molar-refractivity contribution >= 4 is 28.6 Å². The van der Waals surface area contributed by atoms with Crippen LogP contribution >= 0.6 is 11.6 Å². The van der Waals surface area contributed by atoms with Crippen molar-refractivity contribution in [3.05, 3.63) is 106 Å². The molecule has 0 saturated heterocycles. The number of nitrogens with zero attached hydrogens (tertiary/aromatic N) is 4. The highest BCUT2D eigenvalue weighted by atomic mass is 35.5. The molecule has 0 aliphatic carbocycles. The zero-order valence-corrected chi connectivity index (χ0v) is 27.6. The molecule has 6 rings (SSSR count). The summed E-state index contributed by atoms with van der Waals surface area (Å²) in [5.74, 6) is -0.592. The van der Waals surface area contributed by atoms with E-state index in [0.717, 1.165) is 62.8 Å². The summed E-state index contributed by atoms with van der Waals surface area (Å²) in [6.07, 6.45) is -2.23. The normalized spacial score (nSPS) is 14.6. The zero-order chi connectivity index (χ0) is 33.8. The van der Waals surface area contributed by atoms with E-state index in [1.165, 1.54) is 18.3 Å². The van der Waals surface area contributed by atoms with Gasteiger partial charge in [-0.15, -0.1) is 0 Å². The van der Waals surface area contributed by atoms with Crippen molar-refractivity contribution in [1.29, 1.82) is 0 Å². The highest BCUT2D eigenvalue weighted by Gasteiger charge is 2.43. The van der Waals surface area contributed by atoms with E-state index in [9.17, 15) is 18.0 Å². The number of aromatic nitrogens is 3. The number of hydrogen-bond acceptors (Lipinski definition) is 4. The Morgan fingerprint density at radius 3 is 2.34 bits per heavy atom. The van der Waals surface area contributed by atoms with Crippen LogP contribution in [0.15, 0.2) is 60.8 Å². The average Bonchev–Trinajstić information content (AvgIpc) is 3.70. The molecule has 1 aliphatic heterocycles. The SMILES string of the molecule is CCc1cccc(CC)c1-n1nc2c(c1-c1ccc(F)c3c1ccn3C(=O)OCCl)CN(Cc1ccc(C(F)(F)F)cc1C)C2(C)C. The van der Waals surface area contributed by atoms with Gasteiger partial charge in [-0.3, -0.25) is 4.90 Å². The molecule has 0 spiro atoms. The molecule has 0 saturated carbocycles. The summed E-state index contributed by atoms with van der Waals surface area (Å²) in [6, 6.07) is 14.4. The molecule has 0 unspecified atom stereocenters. The standard InChI is InChI=1S/C36H35ClF4N4O2/c1-6-22-9-8-10-23(7-2)30(22)45-31(26-13-14-29(38)32-27(26)15-16-44(32)34(46)47-20-37)28-19-43(35(4,5)33(28)42-45)18-24-11-12-25(17-21(24)3)36(39,40)41/h8-17H,6-7,18-20H2,1-5H3. The molecule has 47 heavy (non-hydrogen) atoms. The summed E-state index contributed by atoms with van der Waals surface area (Å²) in [5.41, 5.74) is 6.49. The molecule has 0 bridgehead atoms. The molecule has 5 aromatic rings. The van der Waals surface area contributed by atoms with Crippen LogP contribution < -0.4 is 0 Å². The average molecular weight is 667 g/mol. The molecular formula is C36H35ClF4N4O2. The van der Waals surface area contributed by atoms with Crippen LogP contribution in [-0.2, 0) is 42.4 Å². The molecule has 1 aliphatic rings. The van der Waals surface area contributed by atoms with Crippen molar-refractivity contribution in [2.45, 2.75) is 72.3 Å². The predicted molar refractivity (Wildman–Crippen MR) is 174 cm³/mol. The second kappa shape index (κ2) is 12.1. The van der Waals surface area contributed by atoms with Gasteiger partial charge in [0.2, 0.25) is 0 Å². The van der Waals surface area contributed by atoms with E-state index >= 15 is 4.39 Å². The van der Waals surface area contributed by atoms with E-state index in [1.54, 1.807) is 25.1 Å². The first-order chi connectivity index (χ1) is 22.3. The molecule has 3 heterocycles. The van der Waals surface area contributed by atoms with Gasteiger partial charge in [0.25, 0.3) is 0 Å². The van der Waals surface area contributed by atoms with E-state index in [1.807, 2.05) is 10.7 Å². The number of alkyl halides is 4. The van der Waals surface area contributed by atoms with Crippen LogP contribution in [0, 0.1) is 12.7 Å². The first-order valence-electron chi connectivity index (χ1n) is 15.5. The summed E-state index contributed by atoms with van der Waals surface area (Å²) in [6.45, 7) is 10.8. The van der Waals surface area contributed by atoms with Crippen molar-refractivity contribution < 1.29 is 27.1 Å². The Kier molecular flexibility index (Phi) is 8.47. The lowest BCUT2D eigenvalue weighted by Gasteiger charge is -2.32. The Morgan fingerprint density at radius 1 is 1.02 bits per heavy atom. The van der Waals surface area contributed by atoms with Crippen LogP contribution in [0.2, 0.25) is 0 Å². The first kappa shape index (κ1) is 32.8. The monoisotopic (exact) mass is 666 g/mol. The van der Waals surface area contributed by atoms with Crippen LogP contribution in [-0.4, -0.2) is 31.4 Å². The van der Waals surface area contributed by atoms with Crippen LogP contribution in [0.4, 0.5) is 22.4 Å². The summed E-state index contributed by atoms with van der Waals surface area (Å²) in [5, 5.41) is 5.79. The van der Waals surface area contributed by atoms with Gasteiger partial charge in [-0.1, -0.05) is 49.7 Å². The minimum atomic E-state index is -4.42. The molecule has 11 heteroatoms. The van der Waals surface area contributed by atoms with E-state index in [-0.39, 0.29) is 11.6 Å². The number of aryl methyl sites for hydroxylation is 3. The molecule has 3 aromatic carbocycles. The predicted octanol–water partition coefficient (Wildman–Crippen LogP) is 9.52. The van der Waals surface area contributed by atoms with Crippen molar-refractivity contribution in [1.82, 2.24) is 19.2 Å². The minimum absolute atomic E-state index is 0.0631. The molecule has 0 fully saturated rings. The fraction of sp³-hybridized carbons (Fsp3) is 0.333. The van der Waals surface area contributed by atoms with Gasteiger partial charge in [0.1, 0.15) is 5.82 Å². The fourth-order valence-corrected chi connectivity index (χ4v) is 6.85. The number of carbonyl (C=O) groups is 1. The number of para-hydroxylation sites is 1. The Hall–Kier alpha value is -4.15. The second-order valence-corrected chi connectivity index (χ2v) is 12.6. The lowest BCUT2D eigenvalue weighted by atomic mass is 9.96. The van der Waals surface area contributed by atoms with E-state index in [0.29, 0.717) is 29.6 Å². The van der Waals surface area contributed by atoms with E-state index in [2.05, 4.69) is 44.7 Å². The Labute approximate surface area is 275 Å². The summed E-state index contributed by atoms with van der Waals surface area (Å²) < 4.78 is 63.7. The van der Waals surface area contributed by atoms with Gasteiger partial charge in [-0.25, -0.2) is 18.4 Å². The number of halogens is 5. The zero-order valence-electron chi connectivity index (χ0n) is 26.8. The number of carbonyl (C=O) groups excluding carboxylic acids is 1. The number of rotatable bonds is 7. The van der Waals surface area contributed by atoms with Crippen molar-refractivity contribution in [2.75, 3.05) is 6.07 Å². The van der Waals surface area contributed by atoms with Gasteiger partial charge in [0.05, 0.1) is 33.7 Å². The minimum Gasteiger partial charge on any atom is -0.433 e. The molecule has 0 atom stereocenters. The number of fused-ring (bicyclic) bond motifs is 2. The summed E-state index contributed by atoms with van der Waals surface area (Å²) >= 11 is 5.65. The molecule has 0 amide bonds. The van der Waals surface area contributed by atoms with E-state index in [4.69, 9.17) is 21.4 Å². The third-order valence-corrected chi connectivity index (χ3v) is 9.45. The third-order valence-electron chi connectivity index (χ3n) is 9.34. The third kappa shape index (κ3) is 5.51. The van der Waals surface area contributed by atoms with Gasteiger partial charge >= 0.3 is 12.3 Å². The maximum atomic E-state index is 15.4. The highest BCUT2D eigenvalue weighted by Crippen LogP contribution is 2.47. The van der Waals surface area contributed by atoms with Crippen LogP contribution in [0.25, 0.3) is 27.8 Å². The van der Waals surface area contributed by atoms with Gasteiger partial charge in [-0.2, -0.15) is 18.3 Å². The van der Waals surface area contributed by atoms with Gasteiger partial charge in [0.15, 0.2) is 6.07 Å². The molecule has 0 N–H and O–H groups in total. The topological polar surface area (TPSA) is 52.3 Å². The van der Waals surface area contributed by atoms with Gasteiger partial charge in [-0.05, 0) is 86.2 Å². The number of hydrogen-bond donors (Lipinski definition) is 0. The van der Waals surface area contributed by atoms with Gasteiger partial charge in [0, 0.05) is 35.8 Å². The lowest BCUT2D eigenvalue weighted by molar-refractivity contribution is -0.137. The van der Waals surface area contributed by atoms with Gasteiger partial charge < -0.3 is 4.74 Å². The summed E-state index contributed by atoms with van der Waals surface area (Å²) in [7, 11) is 0. The Morgan fingerprint density at radius 2 is 1.72 bits per heavy atom. The van der Waals surface area contributed by atoms with Crippen molar-refractivity contribution in [2.24, 2.45) is 0 Å². The quantitative estimate of drug-likeness (QED) is 0.128. The largest absolute Gasteiger partial charge is 0.433 e. The molecule has 246 valence electrons. The molecule has 6 nitrogen and oxygen atoms in total. The van der Waals surface area contributed by atoms with Crippen molar-refractivity contribution in [3.8, 4) is 16.9 Å². The van der Waals surface area contributed by atoms with Crippen LogP contribution in [0.3, 0.4) is 0 Å². The Bertz CT molecular complexity index is 1990. The molecule has 2 aromatic heterocycles. The second-order valence-electron chi connectivity index (χ2n) is 12.3. The first-order valence-corrected chi connectivity index (χ1v) is 16.0. The molecular weight excluding hydrogens is 632 g/mol. The Balaban J connectivity index is 1.56. The molecule has 0 radical (unpaired) electrons. The van der Waals surface area contributed by atoms with E-state index < -0.39 is 29.2 Å². The lowest BCUT2D eigenvalue weighted by Crippen LogP contribution is -2.36. The van der Waals surface area contributed by atoms with Crippen LogP contribution in [0.5, 0.6) is 0 Å².